The van der Waals surface area contributed by atoms with E-state index in [9.17, 15) is 9.90 Å². The molecule has 3 rings (SSSR count). The van der Waals surface area contributed by atoms with Crippen molar-refractivity contribution >= 4 is 5.91 Å². The first kappa shape index (κ1) is 18.3. The monoisotopic (exact) mass is 350 g/mol. The molecule has 1 aliphatic heterocycles. The lowest BCUT2D eigenvalue weighted by Gasteiger charge is -2.37. The molecule has 1 aromatic heterocycles. The summed E-state index contributed by atoms with van der Waals surface area (Å²) < 4.78 is 7.90. The van der Waals surface area contributed by atoms with E-state index in [2.05, 4.69) is 22.6 Å². The van der Waals surface area contributed by atoms with Crippen molar-refractivity contribution in [2.75, 3.05) is 6.61 Å². The Morgan fingerprint density at radius 3 is 2.92 bits per heavy atom. The Morgan fingerprint density at radius 2 is 2.24 bits per heavy atom. The van der Waals surface area contributed by atoms with Gasteiger partial charge in [-0.2, -0.15) is 0 Å². The molecule has 25 heavy (non-hydrogen) atoms. The quantitative estimate of drug-likeness (QED) is 0.741. The second kappa shape index (κ2) is 8.76. The van der Waals surface area contributed by atoms with E-state index >= 15 is 0 Å². The van der Waals surface area contributed by atoms with Crippen LogP contribution in [-0.4, -0.2) is 50.9 Å². The lowest BCUT2D eigenvalue weighted by Crippen LogP contribution is -2.52. The maximum Gasteiger partial charge on any atom is 0.223 e. The van der Waals surface area contributed by atoms with Gasteiger partial charge in [0.15, 0.2) is 0 Å². The zero-order chi connectivity index (χ0) is 17.6. The first-order valence-electron chi connectivity index (χ1n) is 9.65. The van der Waals surface area contributed by atoms with Crippen LogP contribution < -0.4 is 5.32 Å². The number of carbonyl (C=O) groups is 1. The number of aliphatic hydroxyl groups excluding tert-OH is 1. The summed E-state index contributed by atoms with van der Waals surface area (Å²) in [4.78, 5) is 12.1. The highest BCUT2D eigenvalue weighted by Gasteiger charge is 2.34. The summed E-state index contributed by atoms with van der Waals surface area (Å²) in [6, 6.07) is -0.0723. The van der Waals surface area contributed by atoms with Crippen LogP contribution in [0.4, 0.5) is 0 Å². The van der Waals surface area contributed by atoms with Gasteiger partial charge in [-0.3, -0.25) is 9.48 Å². The Balaban J connectivity index is 1.44. The van der Waals surface area contributed by atoms with Crippen LogP contribution >= 0.6 is 0 Å². The Labute approximate surface area is 149 Å². The minimum Gasteiger partial charge on any atom is -0.394 e. The maximum atomic E-state index is 12.1. The van der Waals surface area contributed by atoms with Gasteiger partial charge in [-0.25, -0.2) is 0 Å². The Bertz CT molecular complexity index is 558. The highest BCUT2D eigenvalue weighted by atomic mass is 16.5. The summed E-state index contributed by atoms with van der Waals surface area (Å²) in [5.74, 6) is 0.296. The third kappa shape index (κ3) is 4.79. The smallest absolute Gasteiger partial charge is 0.223 e. The molecule has 0 unspecified atom stereocenters. The van der Waals surface area contributed by atoms with Gasteiger partial charge in [-0.15, -0.1) is 5.10 Å². The van der Waals surface area contributed by atoms with E-state index in [1.807, 2.05) is 10.9 Å². The van der Waals surface area contributed by atoms with Crippen molar-refractivity contribution in [1.29, 1.82) is 0 Å². The van der Waals surface area contributed by atoms with Gasteiger partial charge in [0.2, 0.25) is 5.91 Å². The number of hydrogen-bond donors (Lipinski definition) is 2. The second-order valence-corrected chi connectivity index (χ2v) is 7.31. The highest BCUT2D eigenvalue weighted by Crippen LogP contribution is 2.28. The van der Waals surface area contributed by atoms with E-state index in [-0.39, 0.29) is 36.7 Å². The SMILES string of the molecule is CCCc1cn(CC[C@@H]2CC[C@@H](NC(=O)C3CCC3)[C@H](CO)O2)nn1. The first-order chi connectivity index (χ1) is 12.2. The van der Waals surface area contributed by atoms with E-state index in [0.717, 1.165) is 63.6 Å². The number of amides is 1. The van der Waals surface area contributed by atoms with Gasteiger partial charge in [0.25, 0.3) is 0 Å². The Hall–Kier alpha value is -1.47. The number of nitrogens with zero attached hydrogens (tertiary/aromatic N) is 3. The average Bonchev–Trinajstić information content (AvgIpc) is 3.00. The van der Waals surface area contributed by atoms with Crippen LogP contribution in [0.1, 0.15) is 57.6 Å². The van der Waals surface area contributed by atoms with E-state index in [1.54, 1.807) is 0 Å². The number of nitrogens with one attached hydrogen (secondary N) is 1. The van der Waals surface area contributed by atoms with Crippen LogP contribution in [0.3, 0.4) is 0 Å². The lowest BCUT2D eigenvalue weighted by atomic mass is 9.84. The third-order valence-corrected chi connectivity index (χ3v) is 5.37. The topological polar surface area (TPSA) is 89.3 Å². The molecule has 7 nitrogen and oxygen atoms in total. The highest BCUT2D eigenvalue weighted by molar-refractivity contribution is 5.79. The summed E-state index contributed by atoms with van der Waals surface area (Å²) in [5, 5.41) is 21.0. The van der Waals surface area contributed by atoms with Crippen molar-refractivity contribution < 1.29 is 14.6 Å². The zero-order valence-electron chi connectivity index (χ0n) is 15.1. The van der Waals surface area contributed by atoms with Crippen LogP contribution in [0.5, 0.6) is 0 Å². The number of aryl methyl sites for hydroxylation is 2. The number of aliphatic hydroxyl groups is 1. The van der Waals surface area contributed by atoms with Gasteiger partial charge in [0.05, 0.1) is 24.4 Å². The molecular formula is C18H30N4O3. The molecule has 1 amide bonds. The van der Waals surface area contributed by atoms with Crippen molar-refractivity contribution in [2.24, 2.45) is 5.92 Å². The normalized spacial score (nSPS) is 27.0. The van der Waals surface area contributed by atoms with E-state index in [4.69, 9.17) is 4.74 Å². The minimum absolute atomic E-state index is 0.0594. The van der Waals surface area contributed by atoms with Gasteiger partial charge in [-0.1, -0.05) is 25.0 Å². The fourth-order valence-electron chi connectivity index (χ4n) is 3.57. The molecule has 140 valence electrons. The van der Waals surface area contributed by atoms with E-state index < -0.39 is 0 Å². The number of aromatic nitrogens is 3. The van der Waals surface area contributed by atoms with Crippen LogP contribution in [-0.2, 0) is 22.5 Å². The maximum absolute atomic E-state index is 12.1. The number of ether oxygens (including phenoxy) is 1. The van der Waals surface area contributed by atoms with Gasteiger partial charge >= 0.3 is 0 Å². The molecule has 1 aliphatic carbocycles. The van der Waals surface area contributed by atoms with Gasteiger partial charge in [0.1, 0.15) is 6.10 Å². The second-order valence-electron chi connectivity index (χ2n) is 7.31. The van der Waals surface area contributed by atoms with Crippen molar-refractivity contribution in [2.45, 2.75) is 83.1 Å². The Kier molecular flexibility index (Phi) is 6.42. The predicted octanol–water partition coefficient (Wildman–Crippen LogP) is 1.45. The van der Waals surface area contributed by atoms with Crippen molar-refractivity contribution in [3.05, 3.63) is 11.9 Å². The van der Waals surface area contributed by atoms with E-state index in [1.165, 1.54) is 0 Å². The Morgan fingerprint density at radius 1 is 1.40 bits per heavy atom. The summed E-state index contributed by atoms with van der Waals surface area (Å²) in [5.41, 5.74) is 1.03. The molecule has 2 heterocycles. The predicted molar refractivity (Wildman–Crippen MR) is 92.9 cm³/mol. The molecule has 0 spiro atoms. The van der Waals surface area contributed by atoms with Gasteiger partial charge in [0, 0.05) is 18.7 Å². The molecule has 2 N–H and O–H groups in total. The minimum atomic E-state index is -0.311. The van der Waals surface area contributed by atoms with Crippen LogP contribution in [0.15, 0.2) is 6.20 Å². The van der Waals surface area contributed by atoms with Gasteiger partial charge < -0.3 is 15.2 Å². The molecule has 1 aromatic rings. The summed E-state index contributed by atoms with van der Waals surface area (Å²) >= 11 is 0. The molecular weight excluding hydrogens is 320 g/mol. The molecule has 7 heteroatoms. The summed E-state index contributed by atoms with van der Waals surface area (Å²) in [6.07, 6.45) is 9.51. The molecule has 1 saturated carbocycles. The van der Waals surface area contributed by atoms with E-state index in [0.29, 0.717) is 0 Å². The average molecular weight is 350 g/mol. The molecule has 0 bridgehead atoms. The first-order valence-corrected chi connectivity index (χ1v) is 9.65. The third-order valence-electron chi connectivity index (χ3n) is 5.37. The van der Waals surface area contributed by atoms with Crippen LogP contribution in [0.25, 0.3) is 0 Å². The zero-order valence-corrected chi connectivity index (χ0v) is 15.1. The number of rotatable bonds is 8. The molecule has 0 radical (unpaired) electrons. The molecule has 2 aliphatic rings. The van der Waals surface area contributed by atoms with Crippen molar-refractivity contribution in [1.82, 2.24) is 20.3 Å². The standard InChI is InChI=1S/C18H30N4O3/c1-2-4-14-11-22(21-20-14)10-9-15-7-8-16(17(12-23)25-15)19-18(24)13-5-3-6-13/h11,13,15-17,23H,2-10,12H2,1H3,(H,19,24)/t15-,16+,17-/m0/s1. The molecule has 1 saturated heterocycles. The molecule has 2 fully saturated rings. The van der Waals surface area contributed by atoms with Gasteiger partial charge in [-0.05, 0) is 38.5 Å². The largest absolute Gasteiger partial charge is 0.394 e. The van der Waals surface area contributed by atoms with Crippen LogP contribution in [0, 0.1) is 5.92 Å². The molecule has 3 atom stereocenters. The number of carbonyl (C=O) groups excluding carboxylic acids is 1. The molecule has 0 aromatic carbocycles. The summed E-state index contributed by atoms with van der Waals surface area (Å²) in [7, 11) is 0. The van der Waals surface area contributed by atoms with Crippen molar-refractivity contribution in [3.8, 4) is 0 Å². The van der Waals surface area contributed by atoms with Crippen LogP contribution in [0.2, 0.25) is 0 Å². The summed E-state index contributed by atoms with van der Waals surface area (Å²) in [6.45, 7) is 2.83. The van der Waals surface area contributed by atoms with Crippen molar-refractivity contribution in [3.63, 3.8) is 0 Å². The number of hydrogen-bond acceptors (Lipinski definition) is 5. The lowest BCUT2D eigenvalue weighted by molar-refractivity contribution is -0.134. The fraction of sp³-hybridized carbons (Fsp3) is 0.833. The fourth-order valence-corrected chi connectivity index (χ4v) is 3.57.